The maximum Gasteiger partial charge on any atom is 0.266 e. The van der Waals surface area contributed by atoms with E-state index in [1.807, 2.05) is 24.3 Å². The lowest BCUT2D eigenvalue weighted by atomic mass is 9.82. The average molecular weight is 453 g/mol. The van der Waals surface area contributed by atoms with Crippen molar-refractivity contribution in [3.05, 3.63) is 29.8 Å². The topological polar surface area (TPSA) is 105 Å². The molecule has 0 unspecified atom stereocenters. The van der Waals surface area contributed by atoms with Crippen LogP contribution in [0.1, 0.15) is 50.0 Å². The highest BCUT2D eigenvalue weighted by atomic mass is 32.2. The lowest BCUT2D eigenvalue weighted by molar-refractivity contribution is -0.147. The van der Waals surface area contributed by atoms with Gasteiger partial charge in [0.05, 0.1) is 31.6 Å². The predicted molar refractivity (Wildman–Crippen MR) is 115 cm³/mol. The molecule has 1 saturated heterocycles. The quantitative estimate of drug-likeness (QED) is 0.718. The predicted octanol–water partition coefficient (Wildman–Crippen LogP) is 1.39. The normalized spacial score (nSPS) is 32.1. The van der Waals surface area contributed by atoms with E-state index in [0.717, 1.165) is 37.5 Å². The molecule has 3 atom stereocenters. The lowest BCUT2D eigenvalue weighted by Gasteiger charge is -2.42. The van der Waals surface area contributed by atoms with Crippen LogP contribution in [0.2, 0.25) is 0 Å². The fourth-order valence-corrected chi connectivity index (χ4v) is 5.98. The minimum absolute atomic E-state index is 0.0940. The maximum absolute atomic E-state index is 13.4. The van der Waals surface area contributed by atoms with Gasteiger partial charge in [-0.3, -0.25) is 4.79 Å². The van der Waals surface area contributed by atoms with Gasteiger partial charge in [-0.15, -0.1) is 0 Å². The van der Waals surface area contributed by atoms with Gasteiger partial charge in [0.1, 0.15) is 5.75 Å². The third kappa shape index (κ3) is 5.22. The molecule has 1 aromatic carbocycles. The van der Waals surface area contributed by atoms with Gasteiger partial charge < -0.3 is 19.5 Å². The zero-order valence-corrected chi connectivity index (χ0v) is 18.7. The number of rotatable bonds is 3. The van der Waals surface area contributed by atoms with E-state index in [9.17, 15) is 18.3 Å². The van der Waals surface area contributed by atoms with Crippen LogP contribution in [0.15, 0.2) is 24.3 Å². The third-order valence-corrected chi connectivity index (χ3v) is 7.40. The minimum atomic E-state index is -3.44. The molecule has 9 heteroatoms. The number of hydrogen-bond acceptors (Lipinski definition) is 6. The van der Waals surface area contributed by atoms with E-state index in [1.54, 1.807) is 4.90 Å². The van der Waals surface area contributed by atoms with Crippen molar-refractivity contribution in [3.63, 3.8) is 0 Å². The SMILES string of the molecule is CS(=O)(=O)N[C@H]1CCCN2C(=O)[C@H](CO)Oc3ccccc3C3CCC(CC3)OC[C@@H]12. The van der Waals surface area contributed by atoms with Crippen molar-refractivity contribution in [2.24, 2.45) is 0 Å². The zero-order valence-electron chi connectivity index (χ0n) is 17.9. The molecular weight excluding hydrogens is 420 g/mol. The number of aliphatic hydroxyl groups is 1. The van der Waals surface area contributed by atoms with E-state index in [4.69, 9.17) is 9.47 Å². The van der Waals surface area contributed by atoms with Crippen LogP contribution in [-0.2, 0) is 19.6 Å². The number of amides is 1. The van der Waals surface area contributed by atoms with Crippen LogP contribution in [0.3, 0.4) is 0 Å². The Morgan fingerprint density at radius 2 is 1.90 bits per heavy atom. The number of fused-ring (bicyclic) bond motifs is 5. The van der Waals surface area contributed by atoms with E-state index in [2.05, 4.69) is 4.72 Å². The summed E-state index contributed by atoms with van der Waals surface area (Å²) >= 11 is 0. The molecule has 172 valence electrons. The Labute approximate surface area is 184 Å². The van der Waals surface area contributed by atoms with E-state index >= 15 is 0 Å². The van der Waals surface area contributed by atoms with Crippen LogP contribution in [0.25, 0.3) is 0 Å². The number of ether oxygens (including phenoxy) is 2. The molecule has 3 aliphatic heterocycles. The Morgan fingerprint density at radius 1 is 1.16 bits per heavy atom. The molecule has 3 heterocycles. The number of para-hydroxylation sites is 1. The first kappa shape index (κ1) is 22.5. The number of sulfonamides is 1. The zero-order chi connectivity index (χ0) is 22.0. The fourth-order valence-electron chi connectivity index (χ4n) is 5.15. The summed E-state index contributed by atoms with van der Waals surface area (Å²) in [5, 5.41) is 10.0. The number of aliphatic hydroxyl groups excluding tert-OH is 1. The van der Waals surface area contributed by atoms with Crippen LogP contribution < -0.4 is 9.46 Å². The van der Waals surface area contributed by atoms with E-state index < -0.39 is 34.8 Å². The van der Waals surface area contributed by atoms with E-state index in [1.165, 1.54) is 0 Å². The van der Waals surface area contributed by atoms with Gasteiger partial charge in [0.2, 0.25) is 10.0 Å². The van der Waals surface area contributed by atoms with Gasteiger partial charge in [0.15, 0.2) is 6.10 Å². The Morgan fingerprint density at radius 3 is 2.61 bits per heavy atom. The van der Waals surface area contributed by atoms with Crippen LogP contribution >= 0.6 is 0 Å². The van der Waals surface area contributed by atoms with Gasteiger partial charge in [0, 0.05) is 12.6 Å². The highest BCUT2D eigenvalue weighted by molar-refractivity contribution is 7.88. The van der Waals surface area contributed by atoms with Gasteiger partial charge >= 0.3 is 0 Å². The molecule has 31 heavy (non-hydrogen) atoms. The number of carbonyl (C=O) groups is 1. The molecule has 0 aromatic heterocycles. The summed E-state index contributed by atoms with van der Waals surface area (Å²) in [7, 11) is -3.44. The number of nitrogens with one attached hydrogen (secondary N) is 1. The Hall–Kier alpha value is -1.68. The fraction of sp³-hybridized carbons (Fsp3) is 0.682. The summed E-state index contributed by atoms with van der Waals surface area (Å²) in [4.78, 5) is 15.1. The standard InChI is InChI=1S/C22H32N2O6S/c1-31(27,28)23-18-6-4-12-24-19(18)14-29-16-10-8-15(9-11-16)17-5-2-3-7-20(17)30-21(13-25)22(24)26/h2-3,5,7,15-16,18-19,21,23,25H,4,6,8-14H2,1H3/t15?,16?,18-,19-,21-/m0/s1. The maximum atomic E-state index is 13.4. The van der Waals surface area contributed by atoms with Crippen molar-refractivity contribution in [1.29, 1.82) is 0 Å². The number of piperidine rings is 1. The molecule has 1 aliphatic carbocycles. The molecule has 5 rings (SSSR count). The smallest absolute Gasteiger partial charge is 0.266 e. The summed E-state index contributed by atoms with van der Waals surface area (Å²) in [6, 6.07) is 6.87. The molecule has 1 amide bonds. The molecule has 2 fully saturated rings. The Bertz CT molecular complexity index is 884. The second-order valence-corrected chi connectivity index (χ2v) is 10.7. The number of carbonyl (C=O) groups excluding carboxylic acids is 1. The van der Waals surface area contributed by atoms with Gasteiger partial charge in [-0.1, -0.05) is 18.2 Å². The van der Waals surface area contributed by atoms with Gasteiger partial charge in [-0.2, -0.15) is 0 Å². The van der Waals surface area contributed by atoms with Crippen LogP contribution in [0.4, 0.5) is 0 Å². The van der Waals surface area contributed by atoms with Crippen molar-refractivity contribution in [1.82, 2.24) is 9.62 Å². The number of hydrogen-bond donors (Lipinski definition) is 2. The number of benzene rings is 1. The average Bonchev–Trinajstić information content (AvgIpc) is 2.76. The molecule has 2 bridgehead atoms. The molecule has 0 radical (unpaired) electrons. The van der Waals surface area contributed by atoms with Crippen molar-refractivity contribution < 1.29 is 27.8 Å². The van der Waals surface area contributed by atoms with Gasteiger partial charge in [-0.05, 0) is 56.1 Å². The largest absolute Gasteiger partial charge is 0.478 e. The Kier molecular flexibility index (Phi) is 6.86. The molecule has 0 spiro atoms. The van der Waals surface area contributed by atoms with Crippen molar-refractivity contribution in [3.8, 4) is 5.75 Å². The second-order valence-electron chi connectivity index (χ2n) is 8.87. The van der Waals surface area contributed by atoms with Crippen molar-refractivity contribution >= 4 is 15.9 Å². The summed E-state index contributed by atoms with van der Waals surface area (Å²) in [6.45, 7) is 0.289. The molecule has 2 N–H and O–H groups in total. The van der Waals surface area contributed by atoms with Crippen molar-refractivity contribution in [2.45, 2.75) is 68.7 Å². The second kappa shape index (κ2) is 9.44. The van der Waals surface area contributed by atoms with E-state index in [0.29, 0.717) is 31.1 Å². The molecule has 1 aromatic rings. The monoisotopic (exact) mass is 452 g/mol. The molecule has 1 saturated carbocycles. The van der Waals surface area contributed by atoms with Gasteiger partial charge in [-0.25, -0.2) is 13.1 Å². The highest BCUT2D eigenvalue weighted by Gasteiger charge is 2.40. The van der Waals surface area contributed by atoms with Crippen molar-refractivity contribution in [2.75, 3.05) is 26.0 Å². The lowest BCUT2D eigenvalue weighted by Crippen LogP contribution is -2.61. The summed E-state index contributed by atoms with van der Waals surface area (Å²) in [5.74, 6) is 0.629. The van der Waals surface area contributed by atoms with Crippen LogP contribution in [0.5, 0.6) is 5.75 Å². The third-order valence-electron chi connectivity index (χ3n) is 6.67. The first-order valence-electron chi connectivity index (χ1n) is 11.1. The first-order valence-corrected chi connectivity index (χ1v) is 13.0. The molecular formula is C22H32N2O6S. The summed E-state index contributed by atoms with van der Waals surface area (Å²) < 4.78 is 38.9. The number of nitrogens with zero attached hydrogens (tertiary/aromatic N) is 1. The first-order chi connectivity index (χ1) is 14.9. The van der Waals surface area contributed by atoms with Crippen LogP contribution in [0, 0.1) is 0 Å². The van der Waals surface area contributed by atoms with Crippen LogP contribution in [-0.4, -0.2) is 74.6 Å². The minimum Gasteiger partial charge on any atom is -0.478 e. The van der Waals surface area contributed by atoms with Gasteiger partial charge in [0.25, 0.3) is 5.91 Å². The summed E-state index contributed by atoms with van der Waals surface area (Å²) in [5.41, 5.74) is 1.07. The summed E-state index contributed by atoms with van der Waals surface area (Å²) in [6.07, 6.45) is 5.22. The van der Waals surface area contributed by atoms with E-state index in [-0.39, 0.29) is 18.6 Å². The highest BCUT2D eigenvalue weighted by Crippen LogP contribution is 2.39. The molecule has 8 nitrogen and oxygen atoms in total. The Balaban J connectivity index is 1.68. The molecule has 4 aliphatic rings.